The van der Waals surface area contributed by atoms with E-state index in [4.69, 9.17) is 4.74 Å². The molecule has 0 rings (SSSR count). The van der Waals surface area contributed by atoms with Crippen molar-refractivity contribution in [1.29, 1.82) is 0 Å². The number of nitrogens with zero attached hydrogens (tertiary/aromatic N) is 1. The number of methoxy groups -OCH3 is 1. The van der Waals surface area contributed by atoms with Gasteiger partial charge in [0.25, 0.3) is 0 Å². The van der Waals surface area contributed by atoms with Crippen LogP contribution >= 0.6 is 0 Å². The molecule has 14 heavy (non-hydrogen) atoms. The van der Waals surface area contributed by atoms with E-state index in [-0.39, 0.29) is 5.91 Å². The highest BCUT2D eigenvalue weighted by Gasteiger charge is 2.01. The average Bonchev–Trinajstić information content (AvgIpc) is 2.16. The molecule has 1 N–H and O–H groups in total. The molecule has 0 spiro atoms. The van der Waals surface area contributed by atoms with Gasteiger partial charge in [-0.25, -0.2) is 0 Å². The Kier molecular flexibility index (Phi) is 8.57. The van der Waals surface area contributed by atoms with Gasteiger partial charge in [-0.2, -0.15) is 0 Å². The van der Waals surface area contributed by atoms with E-state index in [1.54, 1.807) is 26.1 Å². The van der Waals surface area contributed by atoms with Crippen LogP contribution in [0.25, 0.3) is 0 Å². The van der Waals surface area contributed by atoms with Crippen molar-refractivity contribution in [1.82, 2.24) is 10.2 Å². The van der Waals surface area contributed by atoms with Gasteiger partial charge in [0.2, 0.25) is 5.91 Å². The lowest BCUT2D eigenvalue weighted by Crippen LogP contribution is -2.27. The second-order valence-electron chi connectivity index (χ2n) is 3.49. The molecule has 0 aliphatic heterocycles. The molecular formula is C10H22N2O2. The average molecular weight is 202 g/mol. The van der Waals surface area contributed by atoms with Crippen molar-refractivity contribution in [2.45, 2.75) is 19.3 Å². The molecule has 0 aromatic rings. The molecule has 0 aliphatic carbocycles. The molecule has 0 radical (unpaired) electrons. The van der Waals surface area contributed by atoms with E-state index in [9.17, 15) is 4.79 Å². The molecule has 0 unspecified atom stereocenters. The SMILES string of the molecule is COCCCCNCCC(=O)N(C)C. The lowest BCUT2D eigenvalue weighted by Gasteiger charge is -2.10. The number of carbonyl (C=O) groups excluding carboxylic acids is 1. The Morgan fingerprint density at radius 1 is 1.29 bits per heavy atom. The van der Waals surface area contributed by atoms with Crippen molar-refractivity contribution in [3.63, 3.8) is 0 Å². The van der Waals surface area contributed by atoms with Crippen LogP contribution in [0.15, 0.2) is 0 Å². The summed E-state index contributed by atoms with van der Waals surface area (Å²) in [6.07, 6.45) is 2.76. The highest BCUT2D eigenvalue weighted by Crippen LogP contribution is 1.88. The van der Waals surface area contributed by atoms with E-state index in [1.165, 1.54) is 0 Å². The lowest BCUT2D eigenvalue weighted by atomic mass is 10.3. The van der Waals surface area contributed by atoms with Gasteiger partial charge in [-0.1, -0.05) is 0 Å². The molecule has 0 aromatic heterocycles. The molecule has 0 fully saturated rings. The molecule has 0 saturated carbocycles. The molecule has 4 heteroatoms. The van der Waals surface area contributed by atoms with E-state index in [1.807, 2.05) is 0 Å². The number of rotatable bonds is 8. The Morgan fingerprint density at radius 2 is 2.00 bits per heavy atom. The highest BCUT2D eigenvalue weighted by atomic mass is 16.5. The maximum absolute atomic E-state index is 11.1. The minimum atomic E-state index is 0.175. The van der Waals surface area contributed by atoms with Crippen LogP contribution in [0.5, 0.6) is 0 Å². The molecule has 84 valence electrons. The first-order valence-corrected chi connectivity index (χ1v) is 5.08. The third-order valence-corrected chi connectivity index (χ3v) is 1.97. The van der Waals surface area contributed by atoms with Crippen LogP contribution in [0.1, 0.15) is 19.3 Å². The lowest BCUT2D eigenvalue weighted by molar-refractivity contribution is -0.128. The van der Waals surface area contributed by atoms with Crippen LogP contribution in [0.4, 0.5) is 0 Å². The zero-order chi connectivity index (χ0) is 10.8. The molecule has 0 saturated heterocycles. The maximum atomic E-state index is 11.1. The van der Waals surface area contributed by atoms with Crippen molar-refractivity contribution in [2.75, 3.05) is 40.9 Å². The first kappa shape index (κ1) is 13.4. The molecular weight excluding hydrogens is 180 g/mol. The summed E-state index contributed by atoms with van der Waals surface area (Å²) in [7, 11) is 5.27. The summed E-state index contributed by atoms with van der Waals surface area (Å²) in [6.45, 7) is 2.55. The smallest absolute Gasteiger partial charge is 0.223 e. The second-order valence-corrected chi connectivity index (χ2v) is 3.49. The van der Waals surface area contributed by atoms with Crippen LogP contribution in [-0.2, 0) is 9.53 Å². The van der Waals surface area contributed by atoms with Gasteiger partial charge in [0.05, 0.1) is 0 Å². The fourth-order valence-corrected chi connectivity index (χ4v) is 1.04. The summed E-state index contributed by atoms with van der Waals surface area (Å²) in [5.41, 5.74) is 0. The Hall–Kier alpha value is -0.610. The number of ether oxygens (including phenoxy) is 1. The van der Waals surface area contributed by atoms with Gasteiger partial charge >= 0.3 is 0 Å². The number of nitrogens with one attached hydrogen (secondary N) is 1. The van der Waals surface area contributed by atoms with Crippen LogP contribution in [0.2, 0.25) is 0 Å². The van der Waals surface area contributed by atoms with Gasteiger partial charge in [-0.3, -0.25) is 4.79 Å². The third-order valence-electron chi connectivity index (χ3n) is 1.97. The van der Waals surface area contributed by atoms with Gasteiger partial charge < -0.3 is 15.0 Å². The Bertz CT molecular complexity index is 149. The molecule has 0 aromatic carbocycles. The third kappa shape index (κ3) is 8.01. The minimum absolute atomic E-state index is 0.175. The zero-order valence-corrected chi connectivity index (χ0v) is 9.51. The fourth-order valence-electron chi connectivity index (χ4n) is 1.04. The van der Waals surface area contributed by atoms with E-state index >= 15 is 0 Å². The fraction of sp³-hybridized carbons (Fsp3) is 0.900. The first-order valence-electron chi connectivity index (χ1n) is 5.08. The number of hydrogen-bond acceptors (Lipinski definition) is 3. The summed E-state index contributed by atoms with van der Waals surface area (Å²) < 4.78 is 4.93. The monoisotopic (exact) mass is 202 g/mol. The second kappa shape index (κ2) is 8.97. The Balaban J connectivity index is 3.10. The van der Waals surface area contributed by atoms with Crippen molar-refractivity contribution < 1.29 is 9.53 Å². The van der Waals surface area contributed by atoms with E-state index < -0.39 is 0 Å². The van der Waals surface area contributed by atoms with Gasteiger partial charge in [-0.15, -0.1) is 0 Å². The Labute approximate surface area is 86.6 Å². The largest absolute Gasteiger partial charge is 0.385 e. The number of amides is 1. The predicted molar refractivity (Wildman–Crippen MR) is 57.3 cm³/mol. The topological polar surface area (TPSA) is 41.6 Å². The van der Waals surface area contributed by atoms with Crippen molar-refractivity contribution in [3.8, 4) is 0 Å². The van der Waals surface area contributed by atoms with Crippen molar-refractivity contribution >= 4 is 5.91 Å². The minimum Gasteiger partial charge on any atom is -0.385 e. The van der Waals surface area contributed by atoms with Gasteiger partial charge in [0, 0.05) is 40.8 Å². The van der Waals surface area contributed by atoms with Crippen LogP contribution < -0.4 is 5.32 Å². The van der Waals surface area contributed by atoms with E-state index in [2.05, 4.69) is 5.32 Å². The number of unbranched alkanes of at least 4 members (excludes halogenated alkanes) is 1. The summed E-state index contributed by atoms with van der Waals surface area (Å²) in [5.74, 6) is 0.175. The van der Waals surface area contributed by atoms with Crippen molar-refractivity contribution in [3.05, 3.63) is 0 Å². The molecule has 1 amide bonds. The van der Waals surface area contributed by atoms with Gasteiger partial charge in [-0.05, 0) is 19.4 Å². The number of carbonyl (C=O) groups is 1. The van der Waals surface area contributed by atoms with E-state index in [0.717, 1.165) is 32.5 Å². The van der Waals surface area contributed by atoms with Crippen LogP contribution in [0, 0.1) is 0 Å². The normalized spacial score (nSPS) is 10.2. The number of hydrogen-bond donors (Lipinski definition) is 1. The molecule has 0 bridgehead atoms. The summed E-state index contributed by atoms with van der Waals surface area (Å²) >= 11 is 0. The Morgan fingerprint density at radius 3 is 2.57 bits per heavy atom. The summed E-state index contributed by atoms with van der Waals surface area (Å²) in [4.78, 5) is 12.8. The van der Waals surface area contributed by atoms with Crippen LogP contribution in [0.3, 0.4) is 0 Å². The predicted octanol–water partition coefficient (Wildman–Crippen LogP) is 0.481. The van der Waals surface area contributed by atoms with Crippen molar-refractivity contribution in [2.24, 2.45) is 0 Å². The molecule has 0 heterocycles. The first-order chi connectivity index (χ1) is 6.68. The molecule has 0 aliphatic rings. The quantitative estimate of drug-likeness (QED) is 0.582. The maximum Gasteiger partial charge on any atom is 0.223 e. The molecule has 4 nitrogen and oxygen atoms in total. The van der Waals surface area contributed by atoms with Crippen LogP contribution in [-0.4, -0.2) is 51.7 Å². The van der Waals surface area contributed by atoms with Gasteiger partial charge in [0.15, 0.2) is 0 Å². The van der Waals surface area contributed by atoms with E-state index in [0.29, 0.717) is 6.42 Å². The van der Waals surface area contributed by atoms with Gasteiger partial charge in [0.1, 0.15) is 0 Å². The summed E-state index contributed by atoms with van der Waals surface area (Å²) in [5, 5.41) is 3.23. The highest BCUT2D eigenvalue weighted by molar-refractivity contribution is 5.75. The zero-order valence-electron chi connectivity index (χ0n) is 9.51. The standard InChI is InChI=1S/C10H22N2O2/c1-12(2)10(13)6-8-11-7-4-5-9-14-3/h11H,4-9H2,1-3H3. The summed E-state index contributed by atoms with van der Waals surface area (Å²) in [6, 6.07) is 0. The molecule has 0 atom stereocenters.